The van der Waals surface area contributed by atoms with Gasteiger partial charge in [-0.1, -0.05) is 5.21 Å². The number of nitriles is 1. The molecule has 1 aliphatic heterocycles. The summed E-state index contributed by atoms with van der Waals surface area (Å²) in [5.74, 6) is -0.0807. The third-order valence-electron chi connectivity index (χ3n) is 6.43. The summed E-state index contributed by atoms with van der Waals surface area (Å²) in [4.78, 5) is 21.1. The quantitative estimate of drug-likeness (QED) is 0.447. The van der Waals surface area contributed by atoms with Crippen LogP contribution in [-0.4, -0.2) is 58.6 Å². The van der Waals surface area contributed by atoms with Crippen molar-refractivity contribution in [1.82, 2.24) is 34.3 Å². The van der Waals surface area contributed by atoms with Crippen molar-refractivity contribution < 1.29 is 19.0 Å². The molecule has 0 aromatic carbocycles. The van der Waals surface area contributed by atoms with Crippen LogP contribution < -0.4 is 4.74 Å². The highest BCUT2D eigenvalue weighted by Gasteiger charge is 2.27. The van der Waals surface area contributed by atoms with E-state index in [0.717, 1.165) is 11.9 Å². The molecule has 1 aliphatic rings. The SMILES string of the molecule is Cc1c(-c2cc(OC(C)c3ccc(F)cn3)n3c(C#N)cnc3c2)nnn1C1CCN(C(=O)O)CC1. The largest absolute Gasteiger partial charge is 0.469 e. The number of fused-ring (bicyclic) bond motifs is 1. The van der Waals surface area contributed by atoms with Crippen LogP contribution in [0.1, 0.15) is 49.0 Å². The summed E-state index contributed by atoms with van der Waals surface area (Å²) in [6.45, 7) is 4.59. The molecule has 4 aromatic heterocycles. The average Bonchev–Trinajstić information content (AvgIpc) is 3.47. The van der Waals surface area contributed by atoms with Crippen LogP contribution in [0.4, 0.5) is 9.18 Å². The maximum atomic E-state index is 13.3. The van der Waals surface area contributed by atoms with E-state index in [1.54, 1.807) is 23.5 Å². The van der Waals surface area contributed by atoms with E-state index in [1.807, 2.05) is 17.7 Å². The van der Waals surface area contributed by atoms with Gasteiger partial charge in [0.05, 0.1) is 29.8 Å². The molecule has 1 saturated heterocycles. The summed E-state index contributed by atoms with van der Waals surface area (Å²) in [6.07, 6.45) is 2.45. The second-order valence-corrected chi connectivity index (χ2v) is 8.66. The molecule has 5 rings (SSSR count). The Morgan fingerprint density at radius 2 is 2.03 bits per heavy atom. The molecule has 1 N–H and O–H groups in total. The summed E-state index contributed by atoms with van der Waals surface area (Å²) < 4.78 is 22.9. The van der Waals surface area contributed by atoms with Crippen molar-refractivity contribution in [3.8, 4) is 23.2 Å². The van der Waals surface area contributed by atoms with Gasteiger partial charge in [0.15, 0.2) is 0 Å². The van der Waals surface area contributed by atoms with Gasteiger partial charge in [-0.3, -0.25) is 9.38 Å². The standard InChI is InChI=1S/C24H23FN8O3/c1-14-23(29-30-33(14)18-5-7-31(8-6-18)24(34)35)16-9-21-28-13-19(11-26)32(21)22(10-16)36-15(2)20-4-3-17(25)12-27-20/h3-4,9-10,12-13,15,18H,5-8H2,1-2H3,(H,34,35). The van der Waals surface area contributed by atoms with Crippen molar-refractivity contribution in [2.75, 3.05) is 13.1 Å². The molecule has 11 nitrogen and oxygen atoms in total. The lowest BCUT2D eigenvalue weighted by atomic mass is 10.0. The van der Waals surface area contributed by atoms with Gasteiger partial charge < -0.3 is 14.7 Å². The highest BCUT2D eigenvalue weighted by Crippen LogP contribution is 2.32. The Balaban J connectivity index is 1.49. The number of nitrogens with zero attached hydrogens (tertiary/aromatic N) is 8. The van der Waals surface area contributed by atoms with E-state index in [4.69, 9.17) is 4.74 Å². The van der Waals surface area contributed by atoms with Crippen molar-refractivity contribution in [2.24, 2.45) is 0 Å². The molecule has 4 aromatic rings. The number of imidazole rings is 1. The number of pyridine rings is 2. The van der Waals surface area contributed by atoms with Crippen LogP contribution in [0.25, 0.3) is 16.9 Å². The molecular weight excluding hydrogens is 467 g/mol. The molecule has 1 unspecified atom stereocenters. The molecule has 184 valence electrons. The fourth-order valence-corrected chi connectivity index (χ4v) is 4.51. The zero-order chi connectivity index (χ0) is 25.4. The van der Waals surface area contributed by atoms with Crippen molar-refractivity contribution in [2.45, 2.75) is 38.8 Å². The maximum absolute atomic E-state index is 13.3. The van der Waals surface area contributed by atoms with Crippen molar-refractivity contribution >= 4 is 11.7 Å². The van der Waals surface area contributed by atoms with Crippen LogP contribution in [0.5, 0.6) is 5.88 Å². The molecule has 1 amide bonds. The highest BCUT2D eigenvalue weighted by atomic mass is 19.1. The topological polar surface area (TPSA) is 134 Å². The molecule has 0 saturated carbocycles. The lowest BCUT2D eigenvalue weighted by Crippen LogP contribution is -2.38. The molecule has 0 aliphatic carbocycles. The molecular formula is C24H23FN8O3. The van der Waals surface area contributed by atoms with Gasteiger partial charge in [0.2, 0.25) is 5.88 Å². The van der Waals surface area contributed by atoms with E-state index >= 15 is 0 Å². The van der Waals surface area contributed by atoms with Crippen LogP contribution in [-0.2, 0) is 0 Å². The van der Waals surface area contributed by atoms with Crippen molar-refractivity contribution in [3.63, 3.8) is 0 Å². The number of hydrogen-bond donors (Lipinski definition) is 1. The summed E-state index contributed by atoms with van der Waals surface area (Å²) in [7, 11) is 0. The van der Waals surface area contributed by atoms with Crippen LogP contribution >= 0.6 is 0 Å². The normalized spacial score (nSPS) is 15.1. The average molecular weight is 490 g/mol. The Morgan fingerprint density at radius 3 is 2.69 bits per heavy atom. The fraction of sp³-hybridized carbons (Fsp3) is 0.333. The number of carboxylic acid groups (broad SMARTS) is 1. The first kappa shape index (κ1) is 23.2. The third-order valence-corrected chi connectivity index (χ3v) is 6.43. The van der Waals surface area contributed by atoms with Crippen LogP contribution in [0.15, 0.2) is 36.7 Å². The Labute approximate surface area is 205 Å². The molecule has 1 fully saturated rings. The predicted molar refractivity (Wildman–Crippen MR) is 125 cm³/mol. The molecule has 12 heteroatoms. The summed E-state index contributed by atoms with van der Waals surface area (Å²) in [5.41, 5.74) is 3.51. The summed E-state index contributed by atoms with van der Waals surface area (Å²) in [5, 5.41) is 27.6. The van der Waals surface area contributed by atoms with Gasteiger partial charge in [-0.15, -0.1) is 5.10 Å². The molecule has 0 spiro atoms. The van der Waals surface area contributed by atoms with Gasteiger partial charge in [0.25, 0.3) is 0 Å². The number of likely N-dealkylation sites (tertiary alicyclic amines) is 1. The molecule has 1 atom stereocenters. The van der Waals surface area contributed by atoms with Gasteiger partial charge in [0, 0.05) is 24.7 Å². The number of piperidine rings is 1. The van der Waals surface area contributed by atoms with Crippen LogP contribution in [0, 0.1) is 24.1 Å². The van der Waals surface area contributed by atoms with Gasteiger partial charge in [-0.05, 0) is 44.9 Å². The van der Waals surface area contributed by atoms with Gasteiger partial charge >= 0.3 is 6.09 Å². The second-order valence-electron chi connectivity index (χ2n) is 8.66. The Hall–Kier alpha value is -4.53. The third kappa shape index (κ3) is 4.19. The van der Waals surface area contributed by atoms with E-state index in [1.165, 1.54) is 17.2 Å². The molecule has 36 heavy (non-hydrogen) atoms. The zero-order valence-corrected chi connectivity index (χ0v) is 19.7. The Morgan fingerprint density at radius 1 is 1.25 bits per heavy atom. The van der Waals surface area contributed by atoms with Gasteiger partial charge in [-0.2, -0.15) is 5.26 Å². The number of amides is 1. The zero-order valence-electron chi connectivity index (χ0n) is 19.7. The number of hydrogen-bond acceptors (Lipinski definition) is 7. The summed E-state index contributed by atoms with van der Waals surface area (Å²) >= 11 is 0. The lowest BCUT2D eigenvalue weighted by molar-refractivity contribution is 0.123. The minimum Gasteiger partial charge on any atom is -0.469 e. The van der Waals surface area contributed by atoms with E-state index in [0.29, 0.717) is 60.1 Å². The van der Waals surface area contributed by atoms with Crippen molar-refractivity contribution in [1.29, 1.82) is 5.26 Å². The Bertz CT molecular complexity index is 1470. The number of halogens is 1. The lowest BCUT2D eigenvalue weighted by Gasteiger charge is -2.30. The fourth-order valence-electron chi connectivity index (χ4n) is 4.51. The molecule has 5 heterocycles. The number of carbonyl (C=O) groups is 1. The number of rotatable bonds is 5. The van der Waals surface area contributed by atoms with Crippen LogP contribution in [0.2, 0.25) is 0 Å². The first-order chi connectivity index (χ1) is 17.4. The number of ether oxygens (including phenoxy) is 1. The summed E-state index contributed by atoms with van der Waals surface area (Å²) in [6, 6.07) is 8.60. The first-order valence-corrected chi connectivity index (χ1v) is 11.5. The van der Waals surface area contributed by atoms with E-state index in [9.17, 15) is 19.6 Å². The van der Waals surface area contributed by atoms with Crippen LogP contribution in [0.3, 0.4) is 0 Å². The monoisotopic (exact) mass is 490 g/mol. The number of aromatic nitrogens is 6. The maximum Gasteiger partial charge on any atom is 0.407 e. The first-order valence-electron chi connectivity index (χ1n) is 11.5. The minimum atomic E-state index is -0.910. The Kier molecular flexibility index (Phi) is 5.97. The van der Waals surface area contributed by atoms with E-state index in [-0.39, 0.29) is 6.04 Å². The smallest absolute Gasteiger partial charge is 0.407 e. The van der Waals surface area contributed by atoms with Gasteiger partial charge in [-0.25, -0.2) is 18.9 Å². The predicted octanol–water partition coefficient (Wildman–Crippen LogP) is 3.76. The van der Waals surface area contributed by atoms with Crippen molar-refractivity contribution in [3.05, 3.63) is 59.6 Å². The van der Waals surface area contributed by atoms with Gasteiger partial charge in [0.1, 0.15) is 35.0 Å². The minimum absolute atomic E-state index is 0.0440. The highest BCUT2D eigenvalue weighted by molar-refractivity contribution is 5.68. The molecule has 0 bridgehead atoms. The van der Waals surface area contributed by atoms with E-state index < -0.39 is 18.0 Å². The van der Waals surface area contributed by atoms with E-state index in [2.05, 4.69) is 26.3 Å². The molecule has 0 radical (unpaired) electrons. The second kappa shape index (κ2) is 9.26.